The first-order valence-electron chi connectivity index (χ1n) is 20.4. The van der Waals surface area contributed by atoms with Crippen LogP contribution in [0.4, 0.5) is 0 Å². The highest BCUT2D eigenvalue weighted by Crippen LogP contribution is 2.38. The Kier molecular flexibility index (Phi) is 32.6. The van der Waals surface area contributed by atoms with Gasteiger partial charge in [-0.15, -0.1) is 0 Å². The molecule has 12 heteroatoms. The maximum Gasteiger partial charge on any atom is 0.330 e. The Morgan fingerprint density at radius 2 is 1.06 bits per heavy atom. The van der Waals surface area contributed by atoms with Gasteiger partial charge in [-0.2, -0.15) is 0 Å². The van der Waals surface area contributed by atoms with Gasteiger partial charge in [0, 0.05) is 18.9 Å². The third-order valence-corrected chi connectivity index (χ3v) is 9.79. The molecular formula is C40H76NO10P. The molecule has 0 aliphatic rings. The summed E-state index contributed by atoms with van der Waals surface area (Å²) in [5, 5.41) is 0. The Balaban J connectivity index is 4.36. The molecule has 52 heavy (non-hydrogen) atoms. The number of nitrogens with zero attached hydrogens (tertiary/aromatic N) is 1. The van der Waals surface area contributed by atoms with Crippen LogP contribution >= 0.6 is 7.82 Å². The van der Waals surface area contributed by atoms with Crippen molar-refractivity contribution < 1.29 is 51.6 Å². The summed E-state index contributed by atoms with van der Waals surface area (Å²) in [6.45, 7) is 5.72. The molecule has 0 saturated carbocycles. The minimum atomic E-state index is -4.63. The van der Waals surface area contributed by atoms with Gasteiger partial charge in [0.05, 0.1) is 34.4 Å². The van der Waals surface area contributed by atoms with Crippen molar-refractivity contribution in [2.24, 2.45) is 0 Å². The highest BCUT2D eigenvalue weighted by molar-refractivity contribution is 7.45. The molecule has 0 aliphatic heterocycles. The van der Waals surface area contributed by atoms with Crippen molar-refractivity contribution in [2.75, 3.05) is 54.1 Å². The van der Waals surface area contributed by atoms with E-state index in [9.17, 15) is 23.8 Å². The first kappa shape index (κ1) is 50.2. The summed E-state index contributed by atoms with van der Waals surface area (Å²) in [6.07, 6.45) is 26.4. The lowest BCUT2D eigenvalue weighted by Gasteiger charge is -2.28. The number of quaternary nitrogens is 1. The van der Waals surface area contributed by atoms with Crippen LogP contribution in [0.15, 0.2) is 12.7 Å². The predicted octanol–water partition coefficient (Wildman–Crippen LogP) is 9.15. The smallest absolute Gasteiger partial charge is 0.330 e. The number of esters is 3. The van der Waals surface area contributed by atoms with Crippen LogP contribution in [0.1, 0.15) is 167 Å². The molecule has 0 aliphatic carbocycles. The van der Waals surface area contributed by atoms with Gasteiger partial charge in [-0.3, -0.25) is 14.2 Å². The third kappa shape index (κ3) is 36.6. The standard InChI is InChI=1S/C40H76NO10P/c1-6-8-9-10-11-12-13-14-15-18-21-24-27-30-39(43)48-35-37(36-50-52(45,46)49-34-32-41(3,4)5)51-40(44)31-28-25-22-19-16-17-20-23-26-29-33-47-38(42)7-2/h7,37H,2,6,8-36H2,1,3-5H3. The van der Waals surface area contributed by atoms with Gasteiger partial charge in [-0.25, -0.2) is 4.79 Å². The summed E-state index contributed by atoms with van der Waals surface area (Å²) in [7, 11) is 1.12. The van der Waals surface area contributed by atoms with E-state index in [4.69, 9.17) is 23.3 Å². The van der Waals surface area contributed by atoms with Crippen LogP contribution in [0.2, 0.25) is 0 Å². The second kappa shape index (κ2) is 33.8. The van der Waals surface area contributed by atoms with Crippen molar-refractivity contribution in [1.29, 1.82) is 0 Å². The Morgan fingerprint density at radius 3 is 1.52 bits per heavy atom. The average molecular weight is 762 g/mol. The zero-order chi connectivity index (χ0) is 38.8. The molecule has 306 valence electrons. The van der Waals surface area contributed by atoms with E-state index in [0.717, 1.165) is 77.0 Å². The number of ether oxygens (including phenoxy) is 3. The van der Waals surface area contributed by atoms with Crippen LogP contribution in [0, 0.1) is 0 Å². The normalized spacial score (nSPS) is 13.3. The maximum atomic E-state index is 12.6. The van der Waals surface area contributed by atoms with Crippen molar-refractivity contribution >= 4 is 25.7 Å². The molecule has 0 aromatic carbocycles. The van der Waals surface area contributed by atoms with Crippen LogP contribution in [0.3, 0.4) is 0 Å². The number of rotatable bonds is 38. The van der Waals surface area contributed by atoms with E-state index < -0.39 is 32.5 Å². The van der Waals surface area contributed by atoms with E-state index in [1.807, 2.05) is 21.1 Å². The Hall–Kier alpha value is -1.78. The lowest BCUT2D eigenvalue weighted by molar-refractivity contribution is -0.870. The topological polar surface area (TPSA) is 137 Å². The van der Waals surface area contributed by atoms with Gasteiger partial charge in [-0.05, 0) is 19.3 Å². The van der Waals surface area contributed by atoms with E-state index in [1.54, 1.807) is 0 Å². The summed E-state index contributed by atoms with van der Waals surface area (Å²) in [4.78, 5) is 48.4. The summed E-state index contributed by atoms with van der Waals surface area (Å²) in [6, 6.07) is 0. The van der Waals surface area contributed by atoms with Crippen molar-refractivity contribution in [3.05, 3.63) is 12.7 Å². The predicted molar refractivity (Wildman–Crippen MR) is 206 cm³/mol. The minimum Gasteiger partial charge on any atom is -0.756 e. The van der Waals surface area contributed by atoms with E-state index in [0.29, 0.717) is 24.1 Å². The summed E-state index contributed by atoms with van der Waals surface area (Å²) in [5.41, 5.74) is 0. The highest BCUT2D eigenvalue weighted by atomic mass is 31.2. The third-order valence-electron chi connectivity index (χ3n) is 8.83. The summed E-state index contributed by atoms with van der Waals surface area (Å²) >= 11 is 0. The maximum absolute atomic E-state index is 12.6. The van der Waals surface area contributed by atoms with Crippen LogP contribution in [-0.4, -0.2) is 82.6 Å². The monoisotopic (exact) mass is 762 g/mol. The molecule has 0 spiro atoms. The highest BCUT2D eigenvalue weighted by Gasteiger charge is 2.21. The van der Waals surface area contributed by atoms with Crippen molar-refractivity contribution in [2.45, 2.75) is 174 Å². The van der Waals surface area contributed by atoms with Gasteiger partial charge in [0.15, 0.2) is 6.10 Å². The number of phosphoric acid groups is 1. The lowest BCUT2D eigenvalue weighted by Crippen LogP contribution is -2.37. The number of likely N-dealkylation sites (N-methyl/N-ethyl adjacent to an activating group) is 1. The minimum absolute atomic E-state index is 0.0438. The molecule has 0 rings (SSSR count). The zero-order valence-corrected chi connectivity index (χ0v) is 34.4. The van der Waals surface area contributed by atoms with Gasteiger partial charge >= 0.3 is 17.9 Å². The molecule has 0 radical (unpaired) electrons. The van der Waals surface area contributed by atoms with E-state index >= 15 is 0 Å². The fourth-order valence-corrected chi connectivity index (χ4v) is 6.29. The fourth-order valence-electron chi connectivity index (χ4n) is 5.56. The molecule has 0 aromatic heterocycles. The van der Waals surface area contributed by atoms with Gasteiger partial charge in [0.2, 0.25) is 0 Å². The number of carbonyl (C=O) groups is 3. The van der Waals surface area contributed by atoms with Gasteiger partial charge < -0.3 is 32.6 Å². The van der Waals surface area contributed by atoms with Crippen LogP contribution in [0.25, 0.3) is 0 Å². The van der Waals surface area contributed by atoms with Crippen molar-refractivity contribution in [3.8, 4) is 0 Å². The van der Waals surface area contributed by atoms with Crippen molar-refractivity contribution in [1.82, 2.24) is 0 Å². The largest absolute Gasteiger partial charge is 0.756 e. The van der Waals surface area contributed by atoms with E-state index in [-0.39, 0.29) is 32.0 Å². The number of hydrogen-bond acceptors (Lipinski definition) is 10. The Bertz CT molecular complexity index is 955. The van der Waals surface area contributed by atoms with Gasteiger partial charge in [0.1, 0.15) is 19.8 Å². The molecule has 0 aromatic rings. The molecular weight excluding hydrogens is 685 g/mol. The molecule has 0 amide bonds. The van der Waals surface area contributed by atoms with E-state index in [1.165, 1.54) is 70.3 Å². The van der Waals surface area contributed by atoms with Crippen LogP contribution in [-0.2, 0) is 42.2 Å². The second-order valence-corrected chi connectivity index (χ2v) is 16.4. The summed E-state index contributed by atoms with van der Waals surface area (Å²) < 4.78 is 38.7. The Morgan fingerprint density at radius 1 is 0.615 bits per heavy atom. The summed E-state index contributed by atoms with van der Waals surface area (Å²) in [5.74, 6) is -1.25. The second-order valence-electron chi connectivity index (χ2n) is 15.0. The molecule has 2 unspecified atom stereocenters. The number of unbranched alkanes of at least 4 members (excludes halogenated alkanes) is 21. The molecule has 0 saturated heterocycles. The van der Waals surface area contributed by atoms with E-state index in [2.05, 4.69) is 13.5 Å². The van der Waals surface area contributed by atoms with Gasteiger partial charge in [0.25, 0.3) is 7.82 Å². The Labute approximate surface area is 317 Å². The molecule has 11 nitrogen and oxygen atoms in total. The van der Waals surface area contributed by atoms with Crippen LogP contribution < -0.4 is 4.89 Å². The number of hydrogen-bond donors (Lipinski definition) is 0. The molecule has 2 atom stereocenters. The molecule has 0 bridgehead atoms. The first-order chi connectivity index (χ1) is 24.9. The number of phosphoric ester groups is 1. The zero-order valence-electron chi connectivity index (χ0n) is 33.6. The first-order valence-corrected chi connectivity index (χ1v) is 21.9. The molecule has 0 N–H and O–H groups in total. The molecule has 0 fully saturated rings. The van der Waals surface area contributed by atoms with Gasteiger partial charge in [-0.1, -0.05) is 142 Å². The van der Waals surface area contributed by atoms with Crippen molar-refractivity contribution in [3.63, 3.8) is 0 Å². The van der Waals surface area contributed by atoms with Crippen LogP contribution in [0.5, 0.6) is 0 Å². The fraction of sp³-hybridized carbons (Fsp3) is 0.875. The quantitative estimate of drug-likeness (QED) is 0.0150. The SMILES string of the molecule is C=CC(=O)OCCCCCCCCCCCCC(=O)OC(COC(=O)CCCCCCCCCCCCCCC)COP(=O)([O-])OCC[N+](C)(C)C. The average Bonchev–Trinajstić information content (AvgIpc) is 3.09. The lowest BCUT2D eigenvalue weighted by atomic mass is 10.0. The molecule has 0 heterocycles. The number of carbonyl (C=O) groups excluding carboxylic acids is 3.